The van der Waals surface area contributed by atoms with E-state index in [1.165, 1.54) is 53.9 Å². The van der Waals surface area contributed by atoms with Crippen LogP contribution < -0.4 is 15.8 Å². The quantitative estimate of drug-likeness (QED) is 0.702. The molecule has 0 aliphatic carbocycles. The number of rotatable bonds is 6. The van der Waals surface area contributed by atoms with Crippen LogP contribution in [0, 0.1) is 0 Å². The maximum atomic E-state index is 13.0. The zero-order valence-electron chi connectivity index (χ0n) is 16.8. The first-order chi connectivity index (χ1) is 14.2. The first-order valence-corrected chi connectivity index (χ1v) is 10.7. The molecule has 2 aromatic rings. The first-order valence-electron chi connectivity index (χ1n) is 9.30. The van der Waals surface area contributed by atoms with Gasteiger partial charge in [0.05, 0.1) is 17.6 Å². The van der Waals surface area contributed by atoms with E-state index in [9.17, 15) is 18.0 Å². The van der Waals surface area contributed by atoms with Gasteiger partial charge in [-0.05, 0) is 49.5 Å². The van der Waals surface area contributed by atoms with Gasteiger partial charge >= 0.3 is 0 Å². The molecule has 0 radical (unpaired) electrons. The number of carbonyl (C=O) groups is 2. The fourth-order valence-corrected chi connectivity index (χ4v) is 4.57. The van der Waals surface area contributed by atoms with Crippen LogP contribution in [0.1, 0.15) is 20.7 Å². The van der Waals surface area contributed by atoms with Gasteiger partial charge in [0, 0.05) is 37.4 Å². The molecule has 9 nitrogen and oxygen atoms in total. The van der Waals surface area contributed by atoms with Gasteiger partial charge in [-0.1, -0.05) is 0 Å². The molecule has 0 aromatic heterocycles. The SMILES string of the molecule is COc1ccc(S(=O)(=O)N2CCN(C)CC2)cc1C(=O)Nc1ccc(C(N)=O)cc1. The number of benzene rings is 2. The lowest BCUT2D eigenvalue weighted by molar-refractivity contribution is 0.0998. The number of likely N-dealkylation sites (N-methyl/N-ethyl adjacent to an activating group) is 1. The predicted molar refractivity (Wildman–Crippen MR) is 112 cm³/mol. The summed E-state index contributed by atoms with van der Waals surface area (Å²) in [6.07, 6.45) is 0. The highest BCUT2D eigenvalue weighted by Crippen LogP contribution is 2.26. The lowest BCUT2D eigenvalue weighted by Gasteiger charge is -2.31. The molecule has 2 amide bonds. The molecule has 10 heteroatoms. The van der Waals surface area contributed by atoms with Crippen molar-refractivity contribution >= 4 is 27.5 Å². The molecular weight excluding hydrogens is 408 g/mol. The van der Waals surface area contributed by atoms with Crippen molar-refractivity contribution in [2.45, 2.75) is 4.90 Å². The van der Waals surface area contributed by atoms with Crippen molar-refractivity contribution in [3.8, 4) is 5.75 Å². The Labute approximate surface area is 175 Å². The van der Waals surface area contributed by atoms with Gasteiger partial charge in [-0.3, -0.25) is 9.59 Å². The molecule has 1 aliphatic rings. The molecule has 1 heterocycles. The van der Waals surface area contributed by atoms with Crippen LogP contribution in [-0.4, -0.2) is 69.8 Å². The van der Waals surface area contributed by atoms with E-state index in [1.807, 2.05) is 7.05 Å². The zero-order valence-corrected chi connectivity index (χ0v) is 17.6. The number of piperazine rings is 1. The molecule has 0 unspecified atom stereocenters. The zero-order chi connectivity index (χ0) is 21.9. The second kappa shape index (κ2) is 8.82. The highest BCUT2D eigenvalue weighted by molar-refractivity contribution is 7.89. The van der Waals surface area contributed by atoms with E-state index in [0.29, 0.717) is 37.4 Å². The number of methoxy groups -OCH3 is 1. The minimum atomic E-state index is -3.73. The van der Waals surface area contributed by atoms with Crippen molar-refractivity contribution in [2.75, 3.05) is 45.7 Å². The number of anilines is 1. The molecule has 0 bridgehead atoms. The molecule has 3 rings (SSSR count). The number of nitrogens with two attached hydrogens (primary N) is 1. The summed E-state index contributed by atoms with van der Waals surface area (Å²) in [4.78, 5) is 26.1. The predicted octanol–water partition coefficient (Wildman–Crippen LogP) is 0.983. The number of ether oxygens (including phenoxy) is 1. The third kappa shape index (κ3) is 4.61. The third-order valence-electron chi connectivity index (χ3n) is 4.94. The lowest BCUT2D eigenvalue weighted by atomic mass is 10.1. The van der Waals surface area contributed by atoms with E-state index < -0.39 is 21.8 Å². The average molecular weight is 433 g/mol. The summed E-state index contributed by atoms with van der Waals surface area (Å²) in [5.41, 5.74) is 6.04. The summed E-state index contributed by atoms with van der Waals surface area (Å²) in [5, 5.41) is 2.68. The third-order valence-corrected chi connectivity index (χ3v) is 6.84. The van der Waals surface area contributed by atoms with Gasteiger partial charge < -0.3 is 20.7 Å². The average Bonchev–Trinajstić information content (AvgIpc) is 2.74. The van der Waals surface area contributed by atoms with Gasteiger partial charge in [0.15, 0.2) is 0 Å². The van der Waals surface area contributed by atoms with E-state index in [4.69, 9.17) is 10.5 Å². The monoisotopic (exact) mass is 432 g/mol. The van der Waals surface area contributed by atoms with Crippen LogP contribution in [0.5, 0.6) is 5.75 Å². The van der Waals surface area contributed by atoms with Crippen LogP contribution in [0.4, 0.5) is 5.69 Å². The highest BCUT2D eigenvalue weighted by Gasteiger charge is 2.29. The molecular formula is C20H24N4O5S. The van der Waals surface area contributed by atoms with Gasteiger partial charge in [0.1, 0.15) is 5.75 Å². The number of carbonyl (C=O) groups excluding carboxylic acids is 2. The van der Waals surface area contributed by atoms with E-state index in [0.717, 1.165) is 0 Å². The Morgan fingerprint density at radius 3 is 2.23 bits per heavy atom. The summed E-state index contributed by atoms with van der Waals surface area (Å²) >= 11 is 0. The molecule has 160 valence electrons. The van der Waals surface area contributed by atoms with Crippen molar-refractivity contribution in [3.05, 3.63) is 53.6 Å². The molecule has 2 aromatic carbocycles. The Bertz CT molecular complexity index is 1050. The van der Waals surface area contributed by atoms with E-state index >= 15 is 0 Å². The van der Waals surface area contributed by atoms with Crippen molar-refractivity contribution < 1.29 is 22.7 Å². The Kier molecular flexibility index (Phi) is 6.40. The van der Waals surface area contributed by atoms with Gasteiger partial charge in [-0.2, -0.15) is 4.31 Å². The highest BCUT2D eigenvalue weighted by atomic mass is 32.2. The number of nitrogens with zero attached hydrogens (tertiary/aromatic N) is 2. The molecule has 1 fully saturated rings. The largest absolute Gasteiger partial charge is 0.496 e. The van der Waals surface area contributed by atoms with E-state index in [-0.39, 0.29) is 16.2 Å². The van der Waals surface area contributed by atoms with E-state index in [2.05, 4.69) is 10.2 Å². The minimum absolute atomic E-state index is 0.0297. The molecule has 1 aliphatic heterocycles. The van der Waals surface area contributed by atoms with Crippen LogP contribution >= 0.6 is 0 Å². The number of nitrogens with one attached hydrogen (secondary N) is 1. The Morgan fingerprint density at radius 1 is 1.03 bits per heavy atom. The minimum Gasteiger partial charge on any atom is -0.496 e. The summed E-state index contributed by atoms with van der Waals surface area (Å²) in [7, 11) is -0.389. The number of hydrogen-bond donors (Lipinski definition) is 2. The maximum Gasteiger partial charge on any atom is 0.259 e. The van der Waals surface area contributed by atoms with Gasteiger partial charge in [0.2, 0.25) is 15.9 Å². The number of amides is 2. The molecule has 3 N–H and O–H groups in total. The van der Waals surface area contributed by atoms with Crippen molar-refractivity contribution in [1.82, 2.24) is 9.21 Å². The molecule has 0 atom stereocenters. The second-order valence-corrected chi connectivity index (χ2v) is 8.90. The Morgan fingerprint density at radius 2 is 1.67 bits per heavy atom. The van der Waals surface area contributed by atoms with Crippen LogP contribution in [-0.2, 0) is 10.0 Å². The topological polar surface area (TPSA) is 122 Å². The lowest BCUT2D eigenvalue weighted by Crippen LogP contribution is -2.47. The number of primary amides is 1. The van der Waals surface area contributed by atoms with Crippen LogP contribution in [0.15, 0.2) is 47.4 Å². The molecule has 30 heavy (non-hydrogen) atoms. The second-order valence-electron chi connectivity index (χ2n) is 6.97. The van der Waals surface area contributed by atoms with Gasteiger partial charge in [0.25, 0.3) is 5.91 Å². The molecule has 0 spiro atoms. The van der Waals surface area contributed by atoms with Crippen molar-refractivity contribution in [3.63, 3.8) is 0 Å². The molecule has 1 saturated heterocycles. The first kappa shape index (κ1) is 21.8. The van der Waals surface area contributed by atoms with Crippen molar-refractivity contribution in [1.29, 1.82) is 0 Å². The Hall–Kier alpha value is -2.95. The smallest absolute Gasteiger partial charge is 0.259 e. The van der Waals surface area contributed by atoms with E-state index in [1.54, 1.807) is 0 Å². The Balaban J connectivity index is 1.86. The van der Waals surface area contributed by atoms with Gasteiger partial charge in [-0.15, -0.1) is 0 Å². The number of hydrogen-bond acceptors (Lipinski definition) is 6. The van der Waals surface area contributed by atoms with Crippen LogP contribution in [0.25, 0.3) is 0 Å². The van der Waals surface area contributed by atoms with Gasteiger partial charge in [-0.25, -0.2) is 8.42 Å². The molecule has 0 saturated carbocycles. The summed E-state index contributed by atoms with van der Waals surface area (Å²) in [5.74, 6) is -0.857. The fraction of sp³-hybridized carbons (Fsp3) is 0.300. The maximum absolute atomic E-state index is 13.0. The normalized spacial score (nSPS) is 15.5. The summed E-state index contributed by atoms with van der Waals surface area (Å²) in [6, 6.07) is 10.3. The summed E-state index contributed by atoms with van der Waals surface area (Å²) < 4.78 is 32.7. The standard InChI is InChI=1S/C20H24N4O5S/c1-23-9-11-24(12-10-23)30(27,28)16-7-8-18(29-2)17(13-16)20(26)22-15-5-3-14(4-6-15)19(21)25/h3-8,13H,9-12H2,1-2H3,(H2,21,25)(H,22,26). The number of sulfonamides is 1. The fourth-order valence-electron chi connectivity index (χ4n) is 3.12. The van der Waals surface area contributed by atoms with Crippen LogP contribution in [0.2, 0.25) is 0 Å². The van der Waals surface area contributed by atoms with Crippen molar-refractivity contribution in [2.24, 2.45) is 5.73 Å². The summed E-state index contributed by atoms with van der Waals surface area (Å²) in [6.45, 7) is 2.06. The van der Waals surface area contributed by atoms with Crippen LogP contribution in [0.3, 0.4) is 0 Å².